The average molecular weight is 428 g/mol. The maximum absolute atomic E-state index is 12.3. The summed E-state index contributed by atoms with van der Waals surface area (Å²) in [6.07, 6.45) is 2.88. The third-order valence-electron chi connectivity index (χ3n) is 4.48. The van der Waals surface area contributed by atoms with E-state index in [1.165, 1.54) is 0 Å². The molecular formula is C19H18BrN5O2. The van der Waals surface area contributed by atoms with Gasteiger partial charge >= 0.3 is 0 Å². The van der Waals surface area contributed by atoms with Crippen molar-refractivity contribution in [1.29, 1.82) is 5.26 Å². The Morgan fingerprint density at radius 1 is 1.15 bits per heavy atom. The van der Waals surface area contributed by atoms with E-state index in [-0.39, 0.29) is 17.7 Å². The van der Waals surface area contributed by atoms with Gasteiger partial charge in [-0.3, -0.25) is 20.4 Å². The molecule has 1 aliphatic heterocycles. The smallest absolute Gasteiger partial charge is 0.270 e. The molecule has 1 aliphatic rings. The zero-order valence-corrected chi connectivity index (χ0v) is 16.1. The molecule has 0 radical (unpaired) electrons. The van der Waals surface area contributed by atoms with Crippen molar-refractivity contribution in [2.75, 3.05) is 18.0 Å². The molecule has 0 aliphatic carbocycles. The summed E-state index contributed by atoms with van der Waals surface area (Å²) in [5, 5.41) is 8.83. The van der Waals surface area contributed by atoms with Crippen molar-refractivity contribution in [2.45, 2.75) is 12.8 Å². The number of hydrazine groups is 1. The van der Waals surface area contributed by atoms with Gasteiger partial charge in [-0.2, -0.15) is 5.26 Å². The number of hydrogen-bond acceptors (Lipinski definition) is 5. The predicted molar refractivity (Wildman–Crippen MR) is 104 cm³/mol. The number of nitrogens with one attached hydrogen (secondary N) is 2. The van der Waals surface area contributed by atoms with E-state index in [0.29, 0.717) is 41.5 Å². The third kappa shape index (κ3) is 4.63. The molecule has 8 heteroatoms. The average Bonchev–Trinajstić information content (AvgIpc) is 2.72. The Labute approximate surface area is 165 Å². The van der Waals surface area contributed by atoms with Crippen LogP contribution in [0.5, 0.6) is 0 Å². The van der Waals surface area contributed by atoms with Crippen LogP contribution in [0.25, 0.3) is 0 Å². The van der Waals surface area contributed by atoms with E-state index in [9.17, 15) is 9.59 Å². The van der Waals surface area contributed by atoms with Crippen LogP contribution in [0.4, 0.5) is 5.82 Å². The number of benzene rings is 1. The molecule has 1 aromatic heterocycles. The van der Waals surface area contributed by atoms with Crippen molar-refractivity contribution in [3.63, 3.8) is 0 Å². The molecule has 1 fully saturated rings. The topological polar surface area (TPSA) is 98.1 Å². The Balaban J connectivity index is 1.49. The van der Waals surface area contributed by atoms with Crippen LogP contribution >= 0.6 is 15.9 Å². The van der Waals surface area contributed by atoms with Gasteiger partial charge in [0, 0.05) is 29.7 Å². The summed E-state index contributed by atoms with van der Waals surface area (Å²) in [5.41, 5.74) is 5.97. The molecule has 3 rings (SSSR count). The first kappa shape index (κ1) is 18.9. The van der Waals surface area contributed by atoms with Crippen LogP contribution in [0.3, 0.4) is 0 Å². The molecule has 0 unspecified atom stereocenters. The largest absolute Gasteiger partial charge is 0.357 e. The van der Waals surface area contributed by atoms with Crippen molar-refractivity contribution in [3.05, 3.63) is 58.2 Å². The highest BCUT2D eigenvalue weighted by Crippen LogP contribution is 2.22. The van der Waals surface area contributed by atoms with Gasteiger partial charge in [-0.1, -0.05) is 12.1 Å². The molecule has 1 aromatic carbocycles. The van der Waals surface area contributed by atoms with Crippen LogP contribution in [-0.2, 0) is 4.79 Å². The van der Waals surface area contributed by atoms with E-state index < -0.39 is 0 Å². The van der Waals surface area contributed by atoms with E-state index >= 15 is 0 Å². The zero-order chi connectivity index (χ0) is 19.2. The summed E-state index contributed by atoms with van der Waals surface area (Å²) in [5.74, 6) is 0.0760. The molecule has 2 amide bonds. The minimum Gasteiger partial charge on any atom is -0.357 e. The summed E-state index contributed by atoms with van der Waals surface area (Å²) in [7, 11) is 0. The fraction of sp³-hybridized carbons (Fsp3) is 0.263. The number of nitriles is 1. The third-order valence-corrected chi connectivity index (χ3v) is 5.18. The van der Waals surface area contributed by atoms with Gasteiger partial charge in [0.05, 0.1) is 11.1 Å². The molecule has 0 atom stereocenters. The molecule has 2 heterocycles. The van der Waals surface area contributed by atoms with Gasteiger partial charge in [0.2, 0.25) is 5.91 Å². The SMILES string of the molecule is N#Cc1ccc(N2CCC(C(=O)NNC(=O)c3ccccc3Br)CC2)nc1. The quantitative estimate of drug-likeness (QED) is 0.732. The van der Waals surface area contributed by atoms with Gasteiger partial charge < -0.3 is 4.90 Å². The molecular weight excluding hydrogens is 410 g/mol. The Kier molecular flexibility index (Phi) is 6.04. The molecule has 0 spiro atoms. The number of rotatable bonds is 3. The predicted octanol–water partition coefficient (Wildman–Crippen LogP) is 2.39. The van der Waals surface area contributed by atoms with E-state index in [1.54, 1.807) is 30.5 Å². The number of pyridine rings is 1. The molecule has 2 aromatic rings. The van der Waals surface area contributed by atoms with Crippen LogP contribution in [0.15, 0.2) is 47.1 Å². The monoisotopic (exact) mass is 427 g/mol. The van der Waals surface area contributed by atoms with Gasteiger partial charge in [0.15, 0.2) is 0 Å². The molecule has 138 valence electrons. The number of aromatic nitrogens is 1. The van der Waals surface area contributed by atoms with Crippen LogP contribution in [0, 0.1) is 17.2 Å². The Morgan fingerprint density at radius 2 is 1.89 bits per heavy atom. The lowest BCUT2D eigenvalue weighted by Crippen LogP contribution is -2.47. The second kappa shape index (κ2) is 8.64. The maximum atomic E-state index is 12.3. The first-order valence-electron chi connectivity index (χ1n) is 8.54. The first-order valence-corrected chi connectivity index (χ1v) is 9.33. The van der Waals surface area contributed by atoms with Gasteiger partial charge in [-0.25, -0.2) is 4.98 Å². The number of anilines is 1. The fourth-order valence-electron chi connectivity index (χ4n) is 2.94. The summed E-state index contributed by atoms with van der Waals surface area (Å²) < 4.78 is 0.667. The molecule has 1 saturated heterocycles. The normalized spacial score (nSPS) is 14.3. The van der Waals surface area contributed by atoms with Crippen molar-refractivity contribution < 1.29 is 9.59 Å². The molecule has 27 heavy (non-hydrogen) atoms. The van der Waals surface area contributed by atoms with E-state index in [4.69, 9.17) is 5.26 Å². The first-order chi connectivity index (χ1) is 13.1. The Morgan fingerprint density at radius 3 is 2.52 bits per heavy atom. The lowest BCUT2D eigenvalue weighted by atomic mass is 9.96. The van der Waals surface area contributed by atoms with Crippen molar-refractivity contribution in [2.24, 2.45) is 5.92 Å². The van der Waals surface area contributed by atoms with E-state index in [0.717, 1.165) is 5.82 Å². The minimum absolute atomic E-state index is 0.167. The van der Waals surface area contributed by atoms with Crippen molar-refractivity contribution in [3.8, 4) is 6.07 Å². The summed E-state index contributed by atoms with van der Waals surface area (Å²) in [6, 6.07) is 12.6. The van der Waals surface area contributed by atoms with Crippen LogP contribution in [-0.4, -0.2) is 29.9 Å². The van der Waals surface area contributed by atoms with Crippen molar-refractivity contribution in [1.82, 2.24) is 15.8 Å². The lowest BCUT2D eigenvalue weighted by molar-refractivity contribution is -0.126. The number of nitrogens with zero attached hydrogens (tertiary/aromatic N) is 3. The molecule has 0 bridgehead atoms. The number of carbonyl (C=O) groups excluding carboxylic acids is 2. The minimum atomic E-state index is -0.366. The maximum Gasteiger partial charge on any atom is 0.270 e. The highest BCUT2D eigenvalue weighted by Gasteiger charge is 2.26. The van der Waals surface area contributed by atoms with Gasteiger partial charge in [0.25, 0.3) is 5.91 Å². The van der Waals surface area contributed by atoms with Crippen LogP contribution in [0.2, 0.25) is 0 Å². The second-order valence-corrected chi connectivity index (χ2v) is 7.06. The van der Waals surface area contributed by atoms with Gasteiger partial charge in [0.1, 0.15) is 11.9 Å². The summed E-state index contributed by atoms with van der Waals surface area (Å²) in [4.78, 5) is 30.9. The number of carbonyl (C=O) groups is 2. The molecule has 0 saturated carbocycles. The highest BCUT2D eigenvalue weighted by atomic mass is 79.9. The fourth-order valence-corrected chi connectivity index (χ4v) is 3.41. The summed E-state index contributed by atoms with van der Waals surface area (Å²) in [6.45, 7) is 1.38. The van der Waals surface area contributed by atoms with E-state index in [2.05, 4.69) is 36.7 Å². The number of amides is 2. The van der Waals surface area contributed by atoms with Crippen LogP contribution < -0.4 is 15.8 Å². The second-order valence-electron chi connectivity index (χ2n) is 6.20. The number of hydrogen-bond donors (Lipinski definition) is 2. The Hall–Kier alpha value is -2.92. The standard InChI is InChI=1S/C19H18BrN5O2/c20-16-4-2-1-3-15(16)19(27)24-23-18(26)14-7-9-25(10-8-14)17-6-5-13(11-21)12-22-17/h1-6,12,14H,7-10H2,(H,23,26)(H,24,27). The Bertz CT molecular complexity index is 870. The highest BCUT2D eigenvalue weighted by molar-refractivity contribution is 9.10. The van der Waals surface area contributed by atoms with E-state index in [1.807, 2.05) is 18.2 Å². The number of halogens is 1. The zero-order valence-electron chi connectivity index (χ0n) is 14.5. The van der Waals surface area contributed by atoms with Crippen molar-refractivity contribution >= 4 is 33.6 Å². The van der Waals surface area contributed by atoms with Gasteiger partial charge in [-0.05, 0) is 53.0 Å². The lowest BCUT2D eigenvalue weighted by Gasteiger charge is -2.32. The van der Waals surface area contributed by atoms with Crippen LogP contribution in [0.1, 0.15) is 28.8 Å². The molecule has 7 nitrogen and oxygen atoms in total. The number of piperidine rings is 1. The molecule has 2 N–H and O–H groups in total. The van der Waals surface area contributed by atoms with Gasteiger partial charge in [-0.15, -0.1) is 0 Å². The summed E-state index contributed by atoms with van der Waals surface area (Å²) >= 11 is 3.32.